The van der Waals surface area contributed by atoms with Crippen LogP contribution in [0.4, 0.5) is 0 Å². The highest BCUT2D eigenvalue weighted by molar-refractivity contribution is 5.83. The van der Waals surface area contributed by atoms with Gasteiger partial charge in [0.25, 0.3) is 0 Å². The van der Waals surface area contributed by atoms with Gasteiger partial charge in [0, 0.05) is 13.1 Å². The van der Waals surface area contributed by atoms with Crippen molar-refractivity contribution in [2.24, 2.45) is 11.7 Å². The minimum Gasteiger partial charge on any atom is -0.375 e. The van der Waals surface area contributed by atoms with Crippen LogP contribution in [0.25, 0.3) is 0 Å². The Labute approximate surface area is 145 Å². The molecule has 1 saturated carbocycles. The molecule has 0 aromatic heterocycles. The second-order valence-corrected chi connectivity index (χ2v) is 7.43. The van der Waals surface area contributed by atoms with Crippen LogP contribution >= 0.6 is 0 Å². The maximum Gasteiger partial charge on any atom is 0.244 e. The Hall–Kier alpha value is -1.39. The third kappa shape index (κ3) is 4.37. The van der Waals surface area contributed by atoms with Crippen molar-refractivity contribution in [3.05, 3.63) is 35.9 Å². The number of carbonyl (C=O) groups excluding carboxylic acids is 1. The molecule has 2 N–H and O–H groups in total. The molecule has 4 heteroatoms. The van der Waals surface area contributed by atoms with Crippen molar-refractivity contribution in [3.63, 3.8) is 0 Å². The van der Waals surface area contributed by atoms with Gasteiger partial charge in [0.05, 0.1) is 12.2 Å². The zero-order chi connectivity index (χ0) is 16.9. The van der Waals surface area contributed by atoms with E-state index in [1.54, 1.807) is 0 Å². The summed E-state index contributed by atoms with van der Waals surface area (Å²) in [6.07, 6.45) is 7.55. The van der Waals surface area contributed by atoms with Gasteiger partial charge in [-0.25, -0.2) is 0 Å². The molecule has 1 aliphatic heterocycles. The smallest absolute Gasteiger partial charge is 0.244 e. The third-order valence-corrected chi connectivity index (χ3v) is 5.53. The Bertz CT molecular complexity index is 518. The third-order valence-electron chi connectivity index (χ3n) is 5.53. The Morgan fingerprint density at radius 1 is 1.04 bits per heavy atom. The van der Waals surface area contributed by atoms with E-state index in [0.29, 0.717) is 12.2 Å². The molecule has 4 nitrogen and oxygen atoms in total. The number of rotatable bonds is 4. The van der Waals surface area contributed by atoms with Crippen LogP contribution in [-0.4, -0.2) is 36.1 Å². The summed E-state index contributed by atoms with van der Waals surface area (Å²) in [5.74, 6) is 0.884. The van der Waals surface area contributed by atoms with Gasteiger partial charge in [-0.1, -0.05) is 37.3 Å². The first-order chi connectivity index (χ1) is 11.6. The number of hydrogen-bond acceptors (Lipinski definition) is 3. The molecule has 1 aliphatic carbocycles. The van der Waals surface area contributed by atoms with Crippen LogP contribution in [0.3, 0.4) is 0 Å². The number of amides is 1. The van der Waals surface area contributed by atoms with Gasteiger partial charge in [0.15, 0.2) is 0 Å². The van der Waals surface area contributed by atoms with Crippen molar-refractivity contribution in [3.8, 4) is 0 Å². The Morgan fingerprint density at radius 2 is 1.62 bits per heavy atom. The summed E-state index contributed by atoms with van der Waals surface area (Å²) in [6.45, 7) is 3.84. The molecule has 24 heavy (non-hydrogen) atoms. The molecule has 1 heterocycles. The topological polar surface area (TPSA) is 55.6 Å². The lowest BCUT2D eigenvalue weighted by molar-refractivity contribution is -0.136. The highest BCUT2D eigenvalue weighted by Crippen LogP contribution is 2.28. The molecule has 2 aliphatic rings. The Morgan fingerprint density at radius 3 is 2.25 bits per heavy atom. The van der Waals surface area contributed by atoms with E-state index >= 15 is 0 Å². The first kappa shape index (κ1) is 17.4. The molecule has 132 valence electrons. The van der Waals surface area contributed by atoms with Crippen molar-refractivity contribution >= 4 is 5.91 Å². The number of nitrogens with two attached hydrogens (primary N) is 1. The number of ether oxygens (including phenoxy) is 1. The van der Waals surface area contributed by atoms with Gasteiger partial charge >= 0.3 is 0 Å². The fourth-order valence-electron chi connectivity index (χ4n) is 3.85. The second-order valence-electron chi connectivity index (χ2n) is 7.43. The fourth-order valence-corrected chi connectivity index (χ4v) is 3.85. The molecule has 0 radical (unpaired) electrons. The Balaban J connectivity index is 1.45. The van der Waals surface area contributed by atoms with Crippen molar-refractivity contribution in [1.29, 1.82) is 0 Å². The highest BCUT2D eigenvalue weighted by Gasteiger charge is 2.29. The standard InChI is InChI=1S/C20H30N2O2/c1-15-7-9-17(10-8-15)24-18-11-13-22(14-12-18)20(23)19(21)16-5-3-2-4-6-16/h2-6,15,17-19H,7-14,21H2,1H3. The largest absolute Gasteiger partial charge is 0.375 e. The van der Waals surface area contributed by atoms with Gasteiger partial charge in [0.2, 0.25) is 5.91 Å². The summed E-state index contributed by atoms with van der Waals surface area (Å²) in [7, 11) is 0. The maximum absolute atomic E-state index is 12.6. The van der Waals surface area contributed by atoms with Gasteiger partial charge in [0.1, 0.15) is 6.04 Å². The molecule has 3 rings (SSSR count). The number of carbonyl (C=O) groups is 1. The van der Waals surface area contributed by atoms with Crippen LogP contribution in [-0.2, 0) is 9.53 Å². The van der Waals surface area contributed by atoms with Gasteiger partial charge < -0.3 is 15.4 Å². The van der Waals surface area contributed by atoms with E-state index in [9.17, 15) is 4.79 Å². The number of likely N-dealkylation sites (tertiary alicyclic amines) is 1. The number of hydrogen-bond donors (Lipinski definition) is 1. The summed E-state index contributed by atoms with van der Waals surface area (Å²) in [6, 6.07) is 9.07. The average Bonchev–Trinajstić information content (AvgIpc) is 2.64. The van der Waals surface area contributed by atoms with Gasteiger partial charge in [-0.15, -0.1) is 0 Å². The summed E-state index contributed by atoms with van der Waals surface area (Å²) in [5.41, 5.74) is 7.03. The van der Waals surface area contributed by atoms with E-state index in [-0.39, 0.29) is 5.91 Å². The molecule has 1 atom stereocenters. The SMILES string of the molecule is CC1CCC(OC2CCN(C(=O)C(N)c3ccccc3)CC2)CC1. The van der Waals surface area contributed by atoms with Crippen molar-refractivity contribution < 1.29 is 9.53 Å². The van der Waals surface area contributed by atoms with E-state index in [2.05, 4.69) is 6.92 Å². The average molecular weight is 330 g/mol. The van der Waals surface area contributed by atoms with E-state index in [1.807, 2.05) is 35.2 Å². The lowest BCUT2D eigenvalue weighted by Gasteiger charge is -2.36. The number of benzene rings is 1. The van der Waals surface area contributed by atoms with E-state index in [0.717, 1.165) is 37.4 Å². The van der Waals surface area contributed by atoms with Crippen LogP contribution in [0.5, 0.6) is 0 Å². The molecule has 1 saturated heterocycles. The highest BCUT2D eigenvalue weighted by atomic mass is 16.5. The lowest BCUT2D eigenvalue weighted by atomic mass is 9.88. The van der Waals surface area contributed by atoms with Gasteiger partial charge in [-0.3, -0.25) is 4.79 Å². The summed E-state index contributed by atoms with van der Waals surface area (Å²) < 4.78 is 6.28. The number of nitrogens with zero attached hydrogens (tertiary/aromatic N) is 1. The van der Waals surface area contributed by atoms with E-state index in [1.165, 1.54) is 25.7 Å². The van der Waals surface area contributed by atoms with Crippen LogP contribution in [0, 0.1) is 5.92 Å². The molecular weight excluding hydrogens is 300 g/mol. The van der Waals surface area contributed by atoms with Crippen LogP contribution in [0.1, 0.15) is 57.1 Å². The molecular formula is C20H30N2O2. The number of piperidine rings is 1. The fraction of sp³-hybridized carbons (Fsp3) is 0.650. The lowest BCUT2D eigenvalue weighted by Crippen LogP contribution is -2.45. The molecule has 2 fully saturated rings. The summed E-state index contributed by atoms with van der Waals surface area (Å²) in [4.78, 5) is 14.5. The second kappa shape index (κ2) is 8.13. The minimum absolute atomic E-state index is 0.0335. The van der Waals surface area contributed by atoms with E-state index < -0.39 is 6.04 Å². The predicted octanol–water partition coefficient (Wildman–Crippen LogP) is 3.27. The summed E-state index contributed by atoms with van der Waals surface area (Å²) >= 11 is 0. The maximum atomic E-state index is 12.6. The van der Waals surface area contributed by atoms with Crippen LogP contribution < -0.4 is 5.73 Å². The molecule has 1 aromatic carbocycles. The zero-order valence-corrected chi connectivity index (χ0v) is 14.7. The quantitative estimate of drug-likeness (QED) is 0.922. The molecule has 1 unspecified atom stereocenters. The van der Waals surface area contributed by atoms with Crippen LogP contribution in [0.2, 0.25) is 0 Å². The first-order valence-corrected chi connectivity index (χ1v) is 9.38. The normalized spacial score (nSPS) is 27.0. The predicted molar refractivity (Wildman–Crippen MR) is 95.5 cm³/mol. The summed E-state index contributed by atoms with van der Waals surface area (Å²) in [5, 5.41) is 0. The molecule has 1 aromatic rings. The minimum atomic E-state index is -0.552. The first-order valence-electron chi connectivity index (χ1n) is 9.38. The van der Waals surface area contributed by atoms with Gasteiger partial charge in [-0.05, 0) is 50.0 Å². The molecule has 0 bridgehead atoms. The Kier molecular flexibility index (Phi) is 5.90. The van der Waals surface area contributed by atoms with Crippen molar-refractivity contribution in [2.75, 3.05) is 13.1 Å². The van der Waals surface area contributed by atoms with Gasteiger partial charge in [-0.2, -0.15) is 0 Å². The van der Waals surface area contributed by atoms with Crippen LogP contribution in [0.15, 0.2) is 30.3 Å². The molecule has 0 spiro atoms. The zero-order valence-electron chi connectivity index (χ0n) is 14.7. The van der Waals surface area contributed by atoms with E-state index in [4.69, 9.17) is 10.5 Å². The van der Waals surface area contributed by atoms with Crippen molar-refractivity contribution in [2.45, 2.75) is 63.7 Å². The van der Waals surface area contributed by atoms with Crippen molar-refractivity contribution in [1.82, 2.24) is 4.90 Å². The molecule has 1 amide bonds. The monoisotopic (exact) mass is 330 g/mol.